The van der Waals surface area contributed by atoms with E-state index in [1.807, 2.05) is 18.2 Å². The Kier molecular flexibility index (Phi) is 5.96. The van der Waals surface area contributed by atoms with Crippen LogP contribution in [0.15, 0.2) is 69.9 Å². The molecule has 2 aromatic carbocycles. The smallest absolute Gasteiger partial charge is 0.351 e. The zero-order chi connectivity index (χ0) is 20.1. The predicted octanol–water partition coefficient (Wildman–Crippen LogP) is 4.78. The fourth-order valence-corrected chi connectivity index (χ4v) is 2.75. The Labute approximate surface area is 166 Å². The lowest BCUT2D eigenvalue weighted by Gasteiger charge is -2.08. The first-order chi connectivity index (χ1) is 13.4. The summed E-state index contributed by atoms with van der Waals surface area (Å²) in [7, 11) is 0. The first kappa shape index (κ1) is 19.5. The Bertz CT molecular complexity index is 1100. The van der Waals surface area contributed by atoms with Crippen LogP contribution < -0.4 is 10.4 Å². The van der Waals surface area contributed by atoms with Crippen molar-refractivity contribution in [2.45, 2.75) is 13.5 Å². The molecule has 0 saturated carbocycles. The van der Waals surface area contributed by atoms with Gasteiger partial charge in [0.25, 0.3) is 0 Å². The lowest BCUT2D eigenvalue weighted by atomic mass is 10.1. The Balaban J connectivity index is 1.73. The van der Waals surface area contributed by atoms with Crippen molar-refractivity contribution < 1.29 is 19.1 Å². The number of allylic oxidation sites excluding steroid dienone is 1. The van der Waals surface area contributed by atoms with E-state index in [2.05, 4.69) is 0 Å². The molecule has 3 rings (SSSR count). The van der Waals surface area contributed by atoms with E-state index in [1.54, 1.807) is 30.3 Å². The van der Waals surface area contributed by atoms with E-state index in [0.29, 0.717) is 22.9 Å². The van der Waals surface area contributed by atoms with Crippen LogP contribution in [0.4, 0.5) is 0 Å². The molecule has 0 radical (unpaired) electrons. The van der Waals surface area contributed by atoms with Gasteiger partial charge in [0.2, 0.25) is 0 Å². The number of carbonyl (C=O) groups is 1. The first-order valence-electron chi connectivity index (χ1n) is 8.46. The standard InChI is InChI=1S/C22H17ClO5/c1-14-11-20(25)21(22(26)28-14)19(24)10-9-15-5-4-7-17(12-15)27-13-16-6-2-3-8-18(16)23/h2-12,25H,13H2,1H3/b10-9+. The molecule has 5 nitrogen and oxygen atoms in total. The van der Waals surface area contributed by atoms with Gasteiger partial charge in [-0.2, -0.15) is 0 Å². The second kappa shape index (κ2) is 8.59. The first-order valence-corrected chi connectivity index (χ1v) is 8.84. The summed E-state index contributed by atoms with van der Waals surface area (Å²) in [6.07, 6.45) is 2.73. The van der Waals surface area contributed by atoms with Gasteiger partial charge in [-0.05, 0) is 36.8 Å². The van der Waals surface area contributed by atoms with Crippen molar-refractivity contribution in [1.82, 2.24) is 0 Å². The summed E-state index contributed by atoms with van der Waals surface area (Å²) in [5.41, 5.74) is 0.291. The zero-order valence-electron chi connectivity index (χ0n) is 15.0. The highest BCUT2D eigenvalue weighted by Crippen LogP contribution is 2.20. The summed E-state index contributed by atoms with van der Waals surface area (Å²) < 4.78 is 10.6. The van der Waals surface area contributed by atoms with Gasteiger partial charge in [0.05, 0.1) is 0 Å². The van der Waals surface area contributed by atoms with Gasteiger partial charge in [0.15, 0.2) is 5.78 Å². The Morgan fingerprint density at radius 2 is 1.96 bits per heavy atom. The Morgan fingerprint density at radius 3 is 2.71 bits per heavy atom. The molecule has 0 atom stereocenters. The third kappa shape index (κ3) is 4.69. The van der Waals surface area contributed by atoms with E-state index in [9.17, 15) is 14.7 Å². The minimum atomic E-state index is -0.871. The third-order valence-corrected chi connectivity index (χ3v) is 4.31. The molecule has 3 aromatic rings. The SMILES string of the molecule is Cc1cc(O)c(C(=O)/C=C/c2cccc(OCc3ccccc3Cl)c2)c(=O)o1. The maximum Gasteiger partial charge on any atom is 0.351 e. The second-order valence-electron chi connectivity index (χ2n) is 6.05. The lowest BCUT2D eigenvalue weighted by Crippen LogP contribution is -2.12. The van der Waals surface area contributed by atoms with Gasteiger partial charge in [-0.15, -0.1) is 0 Å². The average molecular weight is 397 g/mol. The number of hydrogen-bond acceptors (Lipinski definition) is 5. The minimum absolute atomic E-state index is 0.228. The molecule has 0 aliphatic heterocycles. The zero-order valence-corrected chi connectivity index (χ0v) is 15.8. The molecule has 0 saturated heterocycles. The van der Waals surface area contributed by atoms with Crippen LogP contribution in [0.2, 0.25) is 5.02 Å². The van der Waals surface area contributed by atoms with Crippen molar-refractivity contribution in [3.05, 3.63) is 98.6 Å². The predicted molar refractivity (Wildman–Crippen MR) is 107 cm³/mol. The van der Waals surface area contributed by atoms with Crippen molar-refractivity contribution >= 4 is 23.5 Å². The maximum absolute atomic E-state index is 12.3. The number of aryl methyl sites for hydroxylation is 1. The average Bonchev–Trinajstić information content (AvgIpc) is 2.65. The van der Waals surface area contributed by atoms with Crippen LogP contribution in [0, 0.1) is 6.92 Å². The molecule has 1 N–H and O–H groups in total. The van der Waals surface area contributed by atoms with Gasteiger partial charge in [0, 0.05) is 16.7 Å². The molecule has 1 heterocycles. The number of rotatable bonds is 6. The van der Waals surface area contributed by atoms with E-state index in [0.717, 1.165) is 5.56 Å². The van der Waals surface area contributed by atoms with Crippen LogP contribution in [-0.2, 0) is 6.61 Å². The molecule has 6 heteroatoms. The van der Waals surface area contributed by atoms with Crippen LogP contribution in [0.5, 0.6) is 11.5 Å². The molecular formula is C22H17ClO5. The molecular weight excluding hydrogens is 380 g/mol. The van der Waals surface area contributed by atoms with Crippen molar-refractivity contribution in [1.29, 1.82) is 0 Å². The largest absolute Gasteiger partial charge is 0.507 e. The summed E-state index contributed by atoms with van der Waals surface area (Å²) in [6, 6.07) is 15.7. The molecule has 0 bridgehead atoms. The number of carbonyl (C=O) groups excluding carboxylic acids is 1. The van der Waals surface area contributed by atoms with E-state index < -0.39 is 22.7 Å². The van der Waals surface area contributed by atoms with E-state index in [4.69, 9.17) is 20.8 Å². The molecule has 0 spiro atoms. The molecule has 0 amide bonds. The molecule has 0 aliphatic rings. The van der Waals surface area contributed by atoms with E-state index in [-0.39, 0.29) is 5.76 Å². The number of halogens is 1. The Morgan fingerprint density at radius 1 is 1.18 bits per heavy atom. The minimum Gasteiger partial charge on any atom is -0.507 e. The van der Waals surface area contributed by atoms with Crippen molar-refractivity contribution in [2.24, 2.45) is 0 Å². The van der Waals surface area contributed by atoms with Gasteiger partial charge in [0.1, 0.15) is 29.4 Å². The molecule has 0 unspecified atom stereocenters. The molecule has 28 heavy (non-hydrogen) atoms. The number of ether oxygens (including phenoxy) is 1. The highest BCUT2D eigenvalue weighted by Gasteiger charge is 2.15. The van der Waals surface area contributed by atoms with Gasteiger partial charge >= 0.3 is 5.63 Å². The van der Waals surface area contributed by atoms with Gasteiger partial charge in [-0.1, -0.05) is 48.0 Å². The summed E-state index contributed by atoms with van der Waals surface area (Å²) in [4.78, 5) is 24.1. The van der Waals surface area contributed by atoms with Crippen molar-refractivity contribution in [3.63, 3.8) is 0 Å². The lowest BCUT2D eigenvalue weighted by molar-refractivity contribution is 0.104. The number of benzene rings is 2. The third-order valence-electron chi connectivity index (χ3n) is 3.94. The van der Waals surface area contributed by atoms with Gasteiger partial charge in [-0.3, -0.25) is 4.79 Å². The van der Waals surface area contributed by atoms with Crippen molar-refractivity contribution in [2.75, 3.05) is 0 Å². The quantitative estimate of drug-likeness (QED) is 0.479. The monoisotopic (exact) mass is 396 g/mol. The van der Waals surface area contributed by atoms with E-state index >= 15 is 0 Å². The van der Waals surface area contributed by atoms with Gasteiger partial charge in [-0.25, -0.2) is 4.79 Å². The Hall–Kier alpha value is -3.31. The summed E-state index contributed by atoms with van der Waals surface area (Å²) in [6.45, 7) is 1.82. The summed E-state index contributed by atoms with van der Waals surface area (Å²) in [5.74, 6) is -0.215. The van der Waals surface area contributed by atoms with E-state index in [1.165, 1.54) is 25.1 Å². The molecule has 1 aromatic heterocycles. The molecule has 142 valence electrons. The normalized spacial score (nSPS) is 10.9. The highest BCUT2D eigenvalue weighted by molar-refractivity contribution is 6.31. The highest BCUT2D eigenvalue weighted by atomic mass is 35.5. The molecule has 0 aliphatic carbocycles. The number of hydrogen-bond donors (Lipinski definition) is 1. The topological polar surface area (TPSA) is 76.7 Å². The van der Waals surface area contributed by atoms with Crippen LogP contribution in [-0.4, -0.2) is 10.9 Å². The van der Waals surface area contributed by atoms with Gasteiger partial charge < -0.3 is 14.3 Å². The number of aromatic hydroxyl groups is 1. The molecule has 0 fully saturated rings. The van der Waals surface area contributed by atoms with Crippen LogP contribution in [0.25, 0.3) is 6.08 Å². The fraction of sp³-hybridized carbons (Fsp3) is 0.0909. The summed E-state index contributed by atoms with van der Waals surface area (Å²) >= 11 is 6.12. The van der Waals surface area contributed by atoms with Crippen LogP contribution in [0.3, 0.4) is 0 Å². The maximum atomic E-state index is 12.3. The fourth-order valence-electron chi connectivity index (χ4n) is 2.56. The number of ketones is 1. The summed E-state index contributed by atoms with van der Waals surface area (Å²) in [5, 5.41) is 10.5. The van der Waals surface area contributed by atoms with Crippen molar-refractivity contribution in [3.8, 4) is 11.5 Å². The van der Waals surface area contributed by atoms with Crippen LogP contribution in [0.1, 0.15) is 27.2 Å². The van der Waals surface area contributed by atoms with Crippen LogP contribution >= 0.6 is 11.6 Å². The second-order valence-corrected chi connectivity index (χ2v) is 6.46.